The predicted octanol–water partition coefficient (Wildman–Crippen LogP) is 1.15. The zero-order valence-electron chi connectivity index (χ0n) is 11.6. The van der Waals surface area contributed by atoms with Gasteiger partial charge in [-0.25, -0.2) is 0 Å². The first-order chi connectivity index (χ1) is 9.37. The van der Waals surface area contributed by atoms with E-state index in [1.807, 2.05) is 18.2 Å². The quantitative estimate of drug-likeness (QED) is 0.753. The number of rotatable bonds is 5. The Hall–Kier alpha value is -1.88. The lowest BCUT2D eigenvalue weighted by Crippen LogP contribution is -2.26. The summed E-state index contributed by atoms with van der Waals surface area (Å²) in [7, 11) is 0. The molecular formula is C15H19NO4. The van der Waals surface area contributed by atoms with Crippen molar-refractivity contribution in [3.63, 3.8) is 0 Å². The van der Waals surface area contributed by atoms with Crippen LogP contribution in [0.1, 0.15) is 25.0 Å². The van der Waals surface area contributed by atoms with E-state index in [1.165, 1.54) is 0 Å². The number of hydrogen-bond acceptors (Lipinski definition) is 3. The van der Waals surface area contributed by atoms with E-state index < -0.39 is 23.2 Å². The molecule has 2 atom stereocenters. The highest BCUT2D eigenvalue weighted by Gasteiger charge is 2.65. The largest absolute Gasteiger partial charge is 0.481 e. The SMILES string of the molecule is CC1(C)C(C(=O)O)C1C(=O)NCc1cccc(CO)c1. The number of carboxylic acid groups (broad SMARTS) is 1. The summed E-state index contributed by atoms with van der Waals surface area (Å²) in [6.07, 6.45) is 0. The molecule has 108 valence electrons. The third-order valence-electron chi connectivity index (χ3n) is 4.02. The molecule has 2 unspecified atom stereocenters. The molecule has 0 bridgehead atoms. The average molecular weight is 277 g/mol. The first-order valence-corrected chi connectivity index (χ1v) is 6.57. The van der Waals surface area contributed by atoms with Gasteiger partial charge in [0.2, 0.25) is 5.91 Å². The number of aliphatic carboxylic acids is 1. The van der Waals surface area contributed by atoms with Crippen LogP contribution < -0.4 is 5.32 Å². The Labute approximate surface area is 117 Å². The van der Waals surface area contributed by atoms with Gasteiger partial charge in [-0.15, -0.1) is 0 Å². The fourth-order valence-electron chi connectivity index (χ4n) is 2.73. The van der Waals surface area contributed by atoms with Gasteiger partial charge in [0.15, 0.2) is 0 Å². The maximum absolute atomic E-state index is 12.0. The Bertz CT molecular complexity index is 538. The molecule has 0 saturated heterocycles. The molecule has 0 spiro atoms. The maximum Gasteiger partial charge on any atom is 0.307 e. The second kappa shape index (κ2) is 5.25. The highest BCUT2D eigenvalue weighted by Crippen LogP contribution is 2.58. The van der Waals surface area contributed by atoms with E-state index in [2.05, 4.69) is 5.32 Å². The highest BCUT2D eigenvalue weighted by molar-refractivity contribution is 5.91. The van der Waals surface area contributed by atoms with E-state index in [9.17, 15) is 9.59 Å². The standard InChI is InChI=1S/C15H19NO4/c1-15(2)11(12(15)14(19)20)13(18)16-7-9-4-3-5-10(6-9)8-17/h3-6,11-12,17H,7-8H2,1-2H3,(H,16,18)(H,19,20). The van der Waals surface area contributed by atoms with Gasteiger partial charge < -0.3 is 15.5 Å². The van der Waals surface area contributed by atoms with Crippen molar-refractivity contribution in [1.82, 2.24) is 5.32 Å². The number of aliphatic hydroxyl groups excluding tert-OH is 1. The van der Waals surface area contributed by atoms with Gasteiger partial charge in [0.1, 0.15) is 0 Å². The number of carbonyl (C=O) groups is 2. The van der Waals surface area contributed by atoms with Crippen LogP contribution in [0.2, 0.25) is 0 Å². The lowest BCUT2D eigenvalue weighted by molar-refractivity contribution is -0.140. The van der Waals surface area contributed by atoms with E-state index >= 15 is 0 Å². The zero-order valence-corrected chi connectivity index (χ0v) is 11.6. The normalized spacial score (nSPS) is 23.1. The highest BCUT2D eigenvalue weighted by atomic mass is 16.4. The Kier molecular flexibility index (Phi) is 3.81. The summed E-state index contributed by atoms with van der Waals surface area (Å²) in [5.41, 5.74) is 1.19. The molecule has 5 heteroatoms. The zero-order chi connectivity index (χ0) is 14.9. The van der Waals surface area contributed by atoms with Crippen molar-refractivity contribution >= 4 is 11.9 Å². The average Bonchev–Trinajstić information content (AvgIpc) is 2.99. The number of amides is 1. The Morgan fingerprint density at radius 2 is 1.90 bits per heavy atom. The third kappa shape index (κ3) is 2.67. The molecule has 1 aromatic rings. The molecule has 3 N–H and O–H groups in total. The Morgan fingerprint density at radius 3 is 2.45 bits per heavy atom. The van der Waals surface area contributed by atoms with E-state index in [-0.39, 0.29) is 12.5 Å². The second-order valence-corrected chi connectivity index (χ2v) is 5.81. The summed E-state index contributed by atoms with van der Waals surface area (Å²) in [5, 5.41) is 20.9. The van der Waals surface area contributed by atoms with Crippen molar-refractivity contribution < 1.29 is 19.8 Å². The summed E-state index contributed by atoms with van der Waals surface area (Å²) in [4.78, 5) is 23.1. The predicted molar refractivity (Wildman–Crippen MR) is 72.6 cm³/mol. The number of benzene rings is 1. The van der Waals surface area contributed by atoms with Crippen LogP contribution >= 0.6 is 0 Å². The summed E-state index contributed by atoms with van der Waals surface area (Å²) in [6.45, 7) is 3.88. The van der Waals surface area contributed by atoms with Crippen molar-refractivity contribution in [2.75, 3.05) is 0 Å². The molecule has 20 heavy (non-hydrogen) atoms. The van der Waals surface area contributed by atoms with Crippen LogP contribution in [-0.4, -0.2) is 22.1 Å². The first kappa shape index (κ1) is 14.5. The molecule has 1 saturated carbocycles. The van der Waals surface area contributed by atoms with Crippen LogP contribution in [0.5, 0.6) is 0 Å². The molecular weight excluding hydrogens is 258 g/mol. The molecule has 0 radical (unpaired) electrons. The molecule has 1 aliphatic carbocycles. The van der Waals surface area contributed by atoms with Gasteiger partial charge in [0.25, 0.3) is 0 Å². The number of aliphatic hydroxyl groups is 1. The fraction of sp³-hybridized carbons (Fsp3) is 0.467. The Morgan fingerprint density at radius 1 is 1.25 bits per heavy atom. The van der Waals surface area contributed by atoms with Gasteiger partial charge in [-0.2, -0.15) is 0 Å². The lowest BCUT2D eigenvalue weighted by Gasteiger charge is -2.07. The maximum atomic E-state index is 12.0. The summed E-state index contributed by atoms with van der Waals surface area (Å²) in [5.74, 6) is -2.22. The van der Waals surface area contributed by atoms with Crippen molar-refractivity contribution in [3.05, 3.63) is 35.4 Å². The smallest absolute Gasteiger partial charge is 0.307 e. The van der Waals surface area contributed by atoms with Crippen molar-refractivity contribution in [3.8, 4) is 0 Å². The van der Waals surface area contributed by atoms with Crippen LogP contribution in [0.3, 0.4) is 0 Å². The molecule has 0 aromatic heterocycles. The van der Waals surface area contributed by atoms with Gasteiger partial charge in [-0.3, -0.25) is 9.59 Å². The molecule has 1 aliphatic rings. The van der Waals surface area contributed by atoms with Crippen molar-refractivity contribution in [2.45, 2.75) is 27.0 Å². The van der Waals surface area contributed by atoms with Crippen molar-refractivity contribution in [2.24, 2.45) is 17.3 Å². The molecule has 5 nitrogen and oxygen atoms in total. The minimum atomic E-state index is -0.919. The van der Waals surface area contributed by atoms with Gasteiger partial charge >= 0.3 is 5.97 Å². The van der Waals surface area contributed by atoms with Gasteiger partial charge in [-0.1, -0.05) is 38.1 Å². The summed E-state index contributed by atoms with van der Waals surface area (Å²) >= 11 is 0. The topological polar surface area (TPSA) is 86.6 Å². The number of nitrogens with one attached hydrogen (secondary N) is 1. The number of hydrogen-bond donors (Lipinski definition) is 3. The van der Waals surface area contributed by atoms with Crippen LogP contribution in [0.25, 0.3) is 0 Å². The third-order valence-corrected chi connectivity index (χ3v) is 4.02. The van der Waals surface area contributed by atoms with Gasteiger partial charge in [0.05, 0.1) is 18.4 Å². The van der Waals surface area contributed by atoms with Crippen LogP contribution in [0, 0.1) is 17.3 Å². The number of carboxylic acids is 1. The van der Waals surface area contributed by atoms with Crippen LogP contribution in [-0.2, 0) is 22.7 Å². The monoisotopic (exact) mass is 277 g/mol. The Balaban J connectivity index is 1.95. The van der Waals surface area contributed by atoms with E-state index in [1.54, 1.807) is 19.9 Å². The van der Waals surface area contributed by atoms with E-state index in [0.29, 0.717) is 6.54 Å². The minimum absolute atomic E-state index is 0.0431. The first-order valence-electron chi connectivity index (χ1n) is 6.57. The van der Waals surface area contributed by atoms with Crippen LogP contribution in [0.4, 0.5) is 0 Å². The molecule has 1 amide bonds. The van der Waals surface area contributed by atoms with Gasteiger partial charge in [0, 0.05) is 6.54 Å². The molecule has 2 rings (SSSR count). The van der Waals surface area contributed by atoms with Crippen LogP contribution in [0.15, 0.2) is 24.3 Å². The molecule has 1 fully saturated rings. The second-order valence-electron chi connectivity index (χ2n) is 5.81. The number of carbonyl (C=O) groups excluding carboxylic acids is 1. The fourth-order valence-corrected chi connectivity index (χ4v) is 2.73. The van der Waals surface area contributed by atoms with E-state index in [4.69, 9.17) is 10.2 Å². The molecule has 0 heterocycles. The van der Waals surface area contributed by atoms with E-state index in [0.717, 1.165) is 11.1 Å². The van der Waals surface area contributed by atoms with Crippen molar-refractivity contribution in [1.29, 1.82) is 0 Å². The summed E-state index contributed by atoms with van der Waals surface area (Å²) < 4.78 is 0. The lowest BCUT2D eigenvalue weighted by atomic mass is 10.1. The van der Waals surface area contributed by atoms with Gasteiger partial charge in [-0.05, 0) is 16.5 Å². The minimum Gasteiger partial charge on any atom is -0.481 e. The molecule has 1 aromatic carbocycles. The summed E-state index contributed by atoms with van der Waals surface area (Å²) in [6, 6.07) is 7.28. The molecule has 0 aliphatic heterocycles.